The van der Waals surface area contributed by atoms with E-state index in [0.717, 1.165) is 0 Å². The summed E-state index contributed by atoms with van der Waals surface area (Å²) in [6, 6.07) is 1.44. The first-order valence-electron chi connectivity index (χ1n) is 3.88. The van der Waals surface area contributed by atoms with E-state index in [9.17, 15) is 10.1 Å². The molecular formula is C7H5ClN4O2S. The summed E-state index contributed by atoms with van der Waals surface area (Å²) in [5.74, 6) is 0. The van der Waals surface area contributed by atoms with Crippen molar-refractivity contribution in [1.82, 2.24) is 14.8 Å². The molecule has 0 aliphatic heterocycles. The molecule has 2 rings (SSSR count). The van der Waals surface area contributed by atoms with Crippen molar-refractivity contribution >= 4 is 28.6 Å². The first kappa shape index (κ1) is 10.1. The minimum absolute atomic E-state index is 0.0267. The van der Waals surface area contributed by atoms with Crippen LogP contribution in [-0.2, 0) is 7.05 Å². The van der Waals surface area contributed by atoms with Gasteiger partial charge in [-0.3, -0.25) is 10.1 Å². The lowest BCUT2D eigenvalue weighted by molar-refractivity contribution is -0.384. The quantitative estimate of drug-likeness (QED) is 0.599. The molecule has 0 N–H and O–H groups in total. The van der Waals surface area contributed by atoms with Crippen molar-refractivity contribution in [3.8, 4) is 10.7 Å². The summed E-state index contributed by atoms with van der Waals surface area (Å²) < 4.78 is 1.93. The first-order chi connectivity index (χ1) is 7.08. The number of aryl methyl sites for hydroxylation is 1. The van der Waals surface area contributed by atoms with Gasteiger partial charge in [-0.1, -0.05) is 11.3 Å². The number of rotatable bonds is 2. The van der Waals surface area contributed by atoms with Gasteiger partial charge in [0.25, 0.3) is 5.69 Å². The molecule has 0 atom stereocenters. The topological polar surface area (TPSA) is 73.8 Å². The zero-order chi connectivity index (χ0) is 11.0. The van der Waals surface area contributed by atoms with E-state index in [1.54, 1.807) is 11.6 Å². The number of aromatic nitrogens is 3. The molecule has 0 unspecified atom stereocenters. The van der Waals surface area contributed by atoms with Crippen LogP contribution in [0.5, 0.6) is 0 Å². The summed E-state index contributed by atoms with van der Waals surface area (Å²) >= 11 is 6.81. The van der Waals surface area contributed by atoms with E-state index < -0.39 is 4.92 Å². The van der Waals surface area contributed by atoms with E-state index in [-0.39, 0.29) is 5.69 Å². The molecule has 2 aromatic rings. The molecule has 0 saturated heterocycles. The Morgan fingerprint density at radius 2 is 2.33 bits per heavy atom. The monoisotopic (exact) mass is 244 g/mol. The smallest absolute Gasteiger partial charge is 0.287 e. The maximum absolute atomic E-state index is 10.5. The number of nitrogens with zero attached hydrogens (tertiary/aromatic N) is 4. The average molecular weight is 245 g/mol. The summed E-state index contributed by atoms with van der Waals surface area (Å²) in [7, 11) is 1.71. The highest BCUT2D eigenvalue weighted by atomic mass is 35.5. The fourth-order valence-electron chi connectivity index (χ4n) is 1.17. The lowest BCUT2D eigenvalue weighted by Crippen LogP contribution is -1.88. The third-order valence-corrected chi connectivity index (χ3v) is 2.86. The molecule has 0 aliphatic carbocycles. The summed E-state index contributed by atoms with van der Waals surface area (Å²) in [4.78, 5) is 10.1. The van der Waals surface area contributed by atoms with Crippen LogP contribution >= 0.6 is 22.9 Å². The van der Waals surface area contributed by atoms with Crippen LogP contribution in [0.4, 0.5) is 5.69 Å². The number of nitro groups is 1. The second kappa shape index (κ2) is 3.59. The summed E-state index contributed by atoms with van der Waals surface area (Å²) in [5, 5.41) is 18.6. The van der Waals surface area contributed by atoms with Gasteiger partial charge in [-0.05, 0) is 11.6 Å². The van der Waals surface area contributed by atoms with E-state index in [2.05, 4.69) is 10.2 Å². The van der Waals surface area contributed by atoms with E-state index in [1.165, 1.54) is 23.6 Å². The van der Waals surface area contributed by atoms with Crippen LogP contribution in [0.15, 0.2) is 12.3 Å². The predicted octanol–water partition coefficient (Wildman–Crippen LogP) is 2.11. The van der Waals surface area contributed by atoms with Crippen LogP contribution in [0.3, 0.4) is 0 Å². The van der Waals surface area contributed by atoms with Crippen LogP contribution < -0.4 is 0 Å². The zero-order valence-corrected chi connectivity index (χ0v) is 9.12. The largest absolute Gasteiger partial charge is 0.342 e. The van der Waals surface area contributed by atoms with Gasteiger partial charge in [0, 0.05) is 13.1 Å². The minimum atomic E-state index is -0.452. The highest BCUT2D eigenvalue weighted by Crippen LogP contribution is 2.29. The molecule has 8 heteroatoms. The Kier molecular flexibility index (Phi) is 2.41. The molecule has 0 spiro atoms. The highest BCUT2D eigenvalue weighted by molar-refractivity contribution is 7.18. The molecule has 0 saturated carbocycles. The van der Waals surface area contributed by atoms with Crippen molar-refractivity contribution in [3.05, 3.63) is 26.8 Å². The fraction of sp³-hybridized carbons (Fsp3) is 0.143. The van der Waals surface area contributed by atoms with Gasteiger partial charge in [0.05, 0.1) is 16.8 Å². The van der Waals surface area contributed by atoms with E-state index >= 15 is 0 Å². The van der Waals surface area contributed by atoms with Crippen molar-refractivity contribution < 1.29 is 4.92 Å². The van der Waals surface area contributed by atoms with Gasteiger partial charge < -0.3 is 4.57 Å². The molecule has 15 heavy (non-hydrogen) atoms. The Hall–Kier alpha value is -1.47. The molecule has 0 aromatic carbocycles. The van der Waals surface area contributed by atoms with Crippen LogP contribution in [0, 0.1) is 10.1 Å². The molecule has 0 amide bonds. The second-order valence-corrected chi connectivity index (χ2v) is 4.37. The van der Waals surface area contributed by atoms with Crippen LogP contribution in [0.1, 0.15) is 0 Å². The average Bonchev–Trinajstić information content (AvgIpc) is 2.71. The van der Waals surface area contributed by atoms with E-state index in [1.807, 2.05) is 0 Å². The van der Waals surface area contributed by atoms with Gasteiger partial charge in [0.2, 0.25) is 4.47 Å². The van der Waals surface area contributed by atoms with Gasteiger partial charge in [-0.15, -0.1) is 10.2 Å². The molecule has 0 aliphatic rings. The number of hydrogen-bond acceptors (Lipinski definition) is 5. The predicted molar refractivity (Wildman–Crippen MR) is 56.0 cm³/mol. The molecular weight excluding hydrogens is 240 g/mol. The van der Waals surface area contributed by atoms with Crippen LogP contribution in [0.2, 0.25) is 4.47 Å². The lowest BCUT2D eigenvalue weighted by atomic mass is 10.4. The Morgan fingerprint density at radius 1 is 1.60 bits per heavy atom. The van der Waals surface area contributed by atoms with Crippen molar-refractivity contribution in [2.75, 3.05) is 0 Å². The normalized spacial score (nSPS) is 10.5. The number of halogens is 1. The molecule has 0 bridgehead atoms. The zero-order valence-electron chi connectivity index (χ0n) is 7.55. The molecule has 2 heterocycles. The van der Waals surface area contributed by atoms with Crippen molar-refractivity contribution in [1.29, 1.82) is 0 Å². The second-order valence-electron chi connectivity index (χ2n) is 2.81. The first-order valence-corrected chi connectivity index (χ1v) is 5.07. The van der Waals surface area contributed by atoms with Gasteiger partial charge in [-0.2, -0.15) is 0 Å². The number of hydrogen-bond donors (Lipinski definition) is 0. The minimum Gasteiger partial charge on any atom is -0.342 e. The highest BCUT2D eigenvalue weighted by Gasteiger charge is 2.16. The Labute approximate surface area is 93.3 Å². The maximum atomic E-state index is 10.5. The summed E-state index contributed by atoms with van der Waals surface area (Å²) in [6.07, 6.45) is 1.42. The Morgan fingerprint density at radius 3 is 2.80 bits per heavy atom. The SMILES string of the molecule is Cn1cc([N+](=O)[O-])cc1-c1nnc(Cl)s1. The third-order valence-electron chi connectivity index (χ3n) is 1.82. The standard InChI is InChI=1S/C7H5ClN4O2S/c1-11-3-4(12(13)14)2-5(11)6-9-10-7(8)15-6/h2-3H,1H3. The maximum Gasteiger partial charge on any atom is 0.287 e. The van der Waals surface area contributed by atoms with Gasteiger partial charge >= 0.3 is 0 Å². The Balaban J connectivity index is 2.49. The summed E-state index contributed by atoms with van der Waals surface area (Å²) in [6.45, 7) is 0. The molecule has 2 aromatic heterocycles. The molecule has 6 nitrogen and oxygen atoms in total. The van der Waals surface area contributed by atoms with E-state index in [0.29, 0.717) is 15.2 Å². The van der Waals surface area contributed by atoms with Crippen molar-refractivity contribution in [2.45, 2.75) is 0 Å². The Bertz CT molecular complexity index is 521. The van der Waals surface area contributed by atoms with Crippen LogP contribution in [0.25, 0.3) is 10.7 Å². The van der Waals surface area contributed by atoms with Crippen molar-refractivity contribution in [3.63, 3.8) is 0 Å². The molecule has 0 radical (unpaired) electrons. The fourth-order valence-corrected chi connectivity index (χ4v) is 2.06. The summed E-state index contributed by atoms with van der Waals surface area (Å²) in [5.41, 5.74) is 0.657. The van der Waals surface area contributed by atoms with Gasteiger partial charge in [0.15, 0.2) is 5.01 Å². The molecule has 0 fully saturated rings. The van der Waals surface area contributed by atoms with Crippen LogP contribution in [-0.4, -0.2) is 19.7 Å². The lowest BCUT2D eigenvalue weighted by Gasteiger charge is -1.94. The third kappa shape index (κ3) is 1.83. The van der Waals surface area contributed by atoms with Gasteiger partial charge in [0.1, 0.15) is 0 Å². The van der Waals surface area contributed by atoms with Gasteiger partial charge in [-0.25, -0.2) is 0 Å². The van der Waals surface area contributed by atoms with Crippen molar-refractivity contribution in [2.24, 2.45) is 7.05 Å². The molecule has 78 valence electrons. The van der Waals surface area contributed by atoms with E-state index in [4.69, 9.17) is 11.6 Å².